The Kier molecular flexibility index (Phi) is 5.11. The molecule has 4 aromatic rings. The minimum Gasteiger partial charge on any atom is -0.346 e. The lowest BCUT2D eigenvalue weighted by atomic mass is 10.3. The molecule has 27 heavy (non-hydrogen) atoms. The molecule has 0 saturated carbocycles. The summed E-state index contributed by atoms with van der Waals surface area (Å²) in [5, 5.41) is 6.87. The maximum absolute atomic E-state index is 12.6. The zero-order valence-corrected chi connectivity index (χ0v) is 17.2. The summed E-state index contributed by atoms with van der Waals surface area (Å²) in [7, 11) is 0. The fourth-order valence-corrected chi connectivity index (χ4v) is 5.10. The van der Waals surface area contributed by atoms with Gasteiger partial charge in [0, 0.05) is 16.5 Å². The molecule has 0 unspecified atom stereocenters. The van der Waals surface area contributed by atoms with Gasteiger partial charge in [-0.05, 0) is 38.1 Å². The summed E-state index contributed by atoms with van der Waals surface area (Å²) < 4.78 is 0. The van der Waals surface area contributed by atoms with Gasteiger partial charge in [-0.15, -0.1) is 34.0 Å². The number of aryl methyl sites for hydroxylation is 2. The Morgan fingerprint density at radius 3 is 2.70 bits per heavy atom. The van der Waals surface area contributed by atoms with E-state index in [9.17, 15) is 4.79 Å². The van der Waals surface area contributed by atoms with Gasteiger partial charge in [-0.25, -0.2) is 9.97 Å². The van der Waals surface area contributed by atoms with Crippen molar-refractivity contribution in [3.8, 4) is 21.3 Å². The Bertz CT molecular complexity index is 1080. The number of nitrogens with zero attached hydrogens (tertiary/aromatic N) is 3. The van der Waals surface area contributed by atoms with Gasteiger partial charge in [0.05, 0.1) is 33.5 Å². The van der Waals surface area contributed by atoms with E-state index in [0.717, 1.165) is 36.9 Å². The molecule has 0 aliphatic carbocycles. The molecule has 0 aromatic carbocycles. The fourth-order valence-electron chi connectivity index (χ4n) is 2.54. The number of carbonyl (C=O) groups is 1. The highest BCUT2D eigenvalue weighted by Crippen LogP contribution is 2.29. The van der Waals surface area contributed by atoms with Crippen LogP contribution in [0.1, 0.15) is 25.3 Å². The van der Waals surface area contributed by atoms with E-state index >= 15 is 0 Å². The third-order valence-electron chi connectivity index (χ3n) is 3.84. The van der Waals surface area contributed by atoms with Gasteiger partial charge in [0.25, 0.3) is 5.91 Å². The van der Waals surface area contributed by atoms with Crippen molar-refractivity contribution in [2.45, 2.75) is 20.4 Å². The number of nitrogens with one attached hydrogen (secondary N) is 1. The summed E-state index contributed by atoms with van der Waals surface area (Å²) in [4.78, 5) is 28.7. The molecule has 4 heterocycles. The molecule has 4 aromatic heterocycles. The highest BCUT2D eigenvalue weighted by molar-refractivity contribution is 7.17. The Morgan fingerprint density at radius 1 is 1.07 bits per heavy atom. The summed E-state index contributed by atoms with van der Waals surface area (Å²) in [6.07, 6.45) is 1.73. The van der Waals surface area contributed by atoms with Gasteiger partial charge >= 0.3 is 0 Å². The first-order valence-corrected chi connectivity index (χ1v) is 10.8. The molecular weight excluding hydrogens is 396 g/mol. The van der Waals surface area contributed by atoms with Crippen molar-refractivity contribution in [2.24, 2.45) is 0 Å². The fraction of sp³-hybridized carbons (Fsp3) is 0.158. The van der Waals surface area contributed by atoms with Crippen LogP contribution < -0.4 is 5.32 Å². The van der Waals surface area contributed by atoms with Crippen molar-refractivity contribution in [1.29, 1.82) is 0 Å². The molecule has 1 amide bonds. The van der Waals surface area contributed by atoms with Crippen LogP contribution in [-0.2, 0) is 6.54 Å². The Labute approximate surface area is 168 Å². The normalized spacial score (nSPS) is 10.9. The number of rotatable bonds is 5. The van der Waals surface area contributed by atoms with Crippen LogP contribution in [0.15, 0.2) is 41.9 Å². The Balaban J connectivity index is 1.44. The molecule has 0 spiro atoms. The molecule has 0 bridgehead atoms. The molecule has 136 valence electrons. The summed E-state index contributed by atoms with van der Waals surface area (Å²) in [5.41, 5.74) is 2.51. The minimum atomic E-state index is -0.105. The highest BCUT2D eigenvalue weighted by Gasteiger charge is 2.17. The van der Waals surface area contributed by atoms with Crippen molar-refractivity contribution in [3.05, 3.63) is 62.4 Å². The number of hydrogen-bond acceptors (Lipinski definition) is 7. The van der Waals surface area contributed by atoms with Gasteiger partial charge in [0.2, 0.25) is 0 Å². The van der Waals surface area contributed by atoms with Crippen LogP contribution in [-0.4, -0.2) is 20.9 Å². The second kappa shape index (κ2) is 7.67. The first-order valence-electron chi connectivity index (χ1n) is 8.28. The van der Waals surface area contributed by atoms with E-state index in [4.69, 9.17) is 0 Å². The van der Waals surface area contributed by atoms with Crippen molar-refractivity contribution in [2.75, 3.05) is 0 Å². The van der Waals surface area contributed by atoms with Gasteiger partial charge in [-0.2, -0.15) is 0 Å². The number of aromatic nitrogens is 3. The minimum absolute atomic E-state index is 0.105. The van der Waals surface area contributed by atoms with Crippen LogP contribution in [0.5, 0.6) is 0 Å². The number of thiophene rings is 1. The third-order valence-corrected chi connectivity index (χ3v) is 6.90. The van der Waals surface area contributed by atoms with Gasteiger partial charge < -0.3 is 5.32 Å². The molecule has 1 N–H and O–H groups in total. The molecule has 0 fully saturated rings. The quantitative estimate of drug-likeness (QED) is 0.504. The molecule has 5 nitrogen and oxygen atoms in total. The lowest BCUT2D eigenvalue weighted by Crippen LogP contribution is -2.22. The van der Waals surface area contributed by atoms with Crippen molar-refractivity contribution >= 4 is 39.9 Å². The van der Waals surface area contributed by atoms with Crippen LogP contribution >= 0.6 is 34.0 Å². The van der Waals surface area contributed by atoms with Gasteiger partial charge in [0.15, 0.2) is 0 Å². The highest BCUT2D eigenvalue weighted by atomic mass is 32.1. The Hall–Kier alpha value is -2.42. The van der Waals surface area contributed by atoms with Gasteiger partial charge in [0.1, 0.15) is 9.88 Å². The van der Waals surface area contributed by atoms with Crippen LogP contribution in [0.3, 0.4) is 0 Å². The van der Waals surface area contributed by atoms with E-state index < -0.39 is 0 Å². The third kappa shape index (κ3) is 3.97. The largest absolute Gasteiger partial charge is 0.346 e. The summed E-state index contributed by atoms with van der Waals surface area (Å²) >= 11 is 4.66. The average Bonchev–Trinajstić information content (AvgIpc) is 3.40. The van der Waals surface area contributed by atoms with Gasteiger partial charge in [-0.3, -0.25) is 9.78 Å². The topological polar surface area (TPSA) is 67.8 Å². The van der Waals surface area contributed by atoms with E-state index in [1.165, 1.54) is 11.3 Å². The van der Waals surface area contributed by atoms with E-state index in [-0.39, 0.29) is 5.91 Å². The van der Waals surface area contributed by atoms with Crippen molar-refractivity contribution in [3.63, 3.8) is 0 Å². The number of hydrogen-bond donors (Lipinski definition) is 1. The zero-order valence-electron chi connectivity index (χ0n) is 14.7. The summed E-state index contributed by atoms with van der Waals surface area (Å²) in [6, 6.07) is 9.76. The first kappa shape index (κ1) is 18.0. The zero-order chi connectivity index (χ0) is 18.8. The molecule has 0 saturated heterocycles. The van der Waals surface area contributed by atoms with Crippen molar-refractivity contribution < 1.29 is 4.79 Å². The number of pyridine rings is 1. The van der Waals surface area contributed by atoms with Crippen LogP contribution in [0.4, 0.5) is 0 Å². The predicted molar refractivity (Wildman–Crippen MR) is 111 cm³/mol. The molecule has 0 atom stereocenters. The van der Waals surface area contributed by atoms with Gasteiger partial charge in [-0.1, -0.05) is 6.07 Å². The molecule has 0 aliphatic heterocycles. The lowest BCUT2D eigenvalue weighted by molar-refractivity contribution is 0.0954. The molecular formula is C19H16N4OS3. The predicted octanol–water partition coefficient (Wildman–Crippen LogP) is 4.94. The van der Waals surface area contributed by atoms with E-state index in [1.807, 2.05) is 38.1 Å². The van der Waals surface area contributed by atoms with Crippen LogP contribution in [0.2, 0.25) is 0 Å². The summed E-state index contributed by atoms with van der Waals surface area (Å²) in [5.74, 6) is -0.105. The molecule has 8 heteroatoms. The molecule has 0 radical (unpaired) electrons. The standard InChI is InChI=1S/C19H16N4OS3/c1-11-17(27-19(22-11)14-5-3-4-8-20-14)18(24)21-9-13-6-7-16(26-13)15-10-25-12(2)23-15/h3-8,10H,9H2,1-2H3,(H,21,24). The molecule has 4 rings (SSSR count). The SMILES string of the molecule is Cc1nc(-c2ccc(CNC(=O)c3sc(-c4ccccn4)nc3C)s2)cs1. The summed E-state index contributed by atoms with van der Waals surface area (Å²) in [6.45, 7) is 4.34. The van der Waals surface area contributed by atoms with Crippen LogP contribution in [0.25, 0.3) is 21.3 Å². The number of thiazole rings is 2. The lowest BCUT2D eigenvalue weighted by Gasteiger charge is -2.01. The van der Waals surface area contributed by atoms with Crippen LogP contribution in [0, 0.1) is 13.8 Å². The van der Waals surface area contributed by atoms with E-state index in [0.29, 0.717) is 11.4 Å². The maximum Gasteiger partial charge on any atom is 0.263 e. The monoisotopic (exact) mass is 412 g/mol. The molecule has 0 aliphatic rings. The maximum atomic E-state index is 12.6. The van der Waals surface area contributed by atoms with E-state index in [1.54, 1.807) is 28.9 Å². The smallest absolute Gasteiger partial charge is 0.263 e. The second-order valence-corrected chi connectivity index (χ2v) is 9.08. The van der Waals surface area contributed by atoms with E-state index in [2.05, 4.69) is 31.7 Å². The average molecular weight is 413 g/mol. The second-order valence-electron chi connectivity index (χ2n) is 5.85. The first-order chi connectivity index (χ1) is 13.1. The number of amides is 1. The van der Waals surface area contributed by atoms with Crippen molar-refractivity contribution in [1.82, 2.24) is 20.3 Å². The number of carbonyl (C=O) groups excluding carboxylic acids is 1. The Morgan fingerprint density at radius 2 is 1.96 bits per heavy atom.